The number of terminal acetylenes is 1. The summed E-state index contributed by atoms with van der Waals surface area (Å²) in [6.07, 6.45) is 5.16. The van der Waals surface area contributed by atoms with E-state index >= 15 is 0 Å². The normalized spacial score (nSPS) is 9.50. The molecule has 1 aromatic rings. The van der Waals surface area contributed by atoms with Gasteiger partial charge in [-0.25, -0.2) is 0 Å². The number of hydrogen-bond donors (Lipinski definition) is 2. The highest BCUT2D eigenvalue weighted by atomic mass is 16.3. The first kappa shape index (κ1) is 11.9. The van der Waals surface area contributed by atoms with Gasteiger partial charge in [0.1, 0.15) is 5.75 Å². The molecule has 0 saturated carbocycles. The first-order valence-corrected chi connectivity index (χ1v) is 4.91. The van der Waals surface area contributed by atoms with E-state index in [9.17, 15) is 9.90 Å². The molecule has 84 valence electrons. The molecule has 0 atom stereocenters. The number of nitrogens with two attached hydrogens (primary N) is 1. The van der Waals surface area contributed by atoms with Crippen LogP contribution in [0.15, 0.2) is 18.2 Å². The van der Waals surface area contributed by atoms with E-state index in [4.69, 9.17) is 12.2 Å². The van der Waals surface area contributed by atoms with Crippen molar-refractivity contribution >= 4 is 11.6 Å². The molecule has 0 fully saturated rings. The zero-order chi connectivity index (χ0) is 12.1. The molecule has 0 bridgehead atoms. The third-order valence-corrected chi connectivity index (χ3v) is 2.23. The zero-order valence-electron chi connectivity index (χ0n) is 9.10. The Bertz CT molecular complexity index is 435. The van der Waals surface area contributed by atoms with E-state index < -0.39 is 0 Å². The predicted octanol–water partition coefficient (Wildman–Crippen LogP) is 1.07. The molecule has 1 rings (SSSR count). The molecule has 4 heteroatoms. The third kappa shape index (κ3) is 2.45. The fourth-order valence-corrected chi connectivity index (χ4v) is 1.30. The lowest BCUT2D eigenvalue weighted by Crippen LogP contribution is -2.31. The van der Waals surface area contributed by atoms with E-state index in [-0.39, 0.29) is 23.9 Å². The summed E-state index contributed by atoms with van der Waals surface area (Å²) in [6.45, 7) is 2.61. The topological polar surface area (TPSA) is 66.6 Å². The summed E-state index contributed by atoms with van der Waals surface area (Å²) in [4.78, 5) is 13.4. The molecule has 0 aliphatic rings. The lowest BCUT2D eigenvalue weighted by molar-refractivity contribution is 0.0784. The van der Waals surface area contributed by atoms with E-state index in [1.165, 1.54) is 17.0 Å². The Labute approximate surface area is 94.7 Å². The monoisotopic (exact) mass is 218 g/mol. The molecule has 0 heterocycles. The number of phenols is 1. The van der Waals surface area contributed by atoms with Crippen LogP contribution in [-0.4, -0.2) is 29.0 Å². The number of benzene rings is 1. The largest absolute Gasteiger partial charge is 0.506 e. The first-order valence-electron chi connectivity index (χ1n) is 4.91. The van der Waals surface area contributed by atoms with E-state index in [0.29, 0.717) is 12.1 Å². The second-order valence-corrected chi connectivity index (χ2v) is 3.30. The van der Waals surface area contributed by atoms with Crippen molar-refractivity contribution in [3.8, 4) is 18.1 Å². The Morgan fingerprint density at radius 3 is 2.81 bits per heavy atom. The molecule has 0 aromatic heterocycles. The van der Waals surface area contributed by atoms with Crippen LogP contribution in [0.5, 0.6) is 5.75 Å². The summed E-state index contributed by atoms with van der Waals surface area (Å²) in [5.41, 5.74) is 6.07. The van der Waals surface area contributed by atoms with E-state index in [0.717, 1.165) is 0 Å². The van der Waals surface area contributed by atoms with Crippen LogP contribution in [0, 0.1) is 12.3 Å². The molecule has 1 amide bonds. The van der Waals surface area contributed by atoms with E-state index in [1.807, 2.05) is 6.92 Å². The number of carbonyl (C=O) groups excluding carboxylic acids is 1. The van der Waals surface area contributed by atoms with Gasteiger partial charge in [0, 0.05) is 12.1 Å². The number of nitrogens with zero attached hydrogens (tertiary/aromatic N) is 1. The van der Waals surface area contributed by atoms with Crippen LogP contribution in [0.4, 0.5) is 5.69 Å². The van der Waals surface area contributed by atoms with Gasteiger partial charge in [0.05, 0.1) is 12.2 Å². The highest BCUT2D eigenvalue weighted by molar-refractivity contribution is 5.95. The molecule has 0 aliphatic heterocycles. The Morgan fingerprint density at radius 1 is 1.62 bits per heavy atom. The van der Waals surface area contributed by atoms with E-state index in [2.05, 4.69) is 5.92 Å². The van der Waals surface area contributed by atoms with Gasteiger partial charge >= 0.3 is 0 Å². The second-order valence-electron chi connectivity index (χ2n) is 3.30. The molecule has 4 nitrogen and oxygen atoms in total. The minimum Gasteiger partial charge on any atom is -0.506 e. The summed E-state index contributed by atoms with van der Waals surface area (Å²) >= 11 is 0. The van der Waals surface area contributed by atoms with Crippen molar-refractivity contribution in [2.45, 2.75) is 6.92 Å². The summed E-state index contributed by atoms with van der Waals surface area (Å²) in [5.74, 6) is 2.11. The van der Waals surface area contributed by atoms with Crippen molar-refractivity contribution in [3.05, 3.63) is 23.8 Å². The van der Waals surface area contributed by atoms with Crippen LogP contribution >= 0.6 is 0 Å². The number of nitrogen functional groups attached to an aromatic ring is 1. The molecule has 0 unspecified atom stereocenters. The molecule has 1 aromatic carbocycles. The van der Waals surface area contributed by atoms with Crippen molar-refractivity contribution in [3.63, 3.8) is 0 Å². The Morgan fingerprint density at radius 2 is 2.31 bits per heavy atom. The standard InChI is InChI=1S/C12H14N2O2/c1-3-7-14(4-2)12(16)9-5-6-10(13)11(15)8-9/h1,5-6,8,15H,4,7,13H2,2H3. The van der Waals surface area contributed by atoms with Gasteiger partial charge in [-0.2, -0.15) is 0 Å². The Kier molecular flexibility index (Phi) is 3.78. The average molecular weight is 218 g/mol. The quantitative estimate of drug-likeness (QED) is 0.453. The molecular formula is C12H14N2O2. The van der Waals surface area contributed by atoms with Gasteiger partial charge in [-0.3, -0.25) is 4.79 Å². The zero-order valence-corrected chi connectivity index (χ0v) is 9.10. The van der Waals surface area contributed by atoms with Crippen LogP contribution < -0.4 is 5.73 Å². The molecule has 0 spiro atoms. The maximum Gasteiger partial charge on any atom is 0.254 e. The lowest BCUT2D eigenvalue weighted by atomic mass is 10.1. The molecule has 0 aliphatic carbocycles. The van der Waals surface area contributed by atoms with Crippen molar-refractivity contribution in [2.24, 2.45) is 0 Å². The van der Waals surface area contributed by atoms with Crippen molar-refractivity contribution < 1.29 is 9.90 Å². The third-order valence-electron chi connectivity index (χ3n) is 2.23. The molecule has 3 N–H and O–H groups in total. The molecule has 16 heavy (non-hydrogen) atoms. The Balaban J connectivity index is 2.95. The number of phenolic OH excluding ortho intramolecular Hbond substituents is 1. The predicted molar refractivity (Wildman–Crippen MR) is 62.9 cm³/mol. The first-order chi connectivity index (χ1) is 7.60. The van der Waals surface area contributed by atoms with Crippen LogP contribution in [0.25, 0.3) is 0 Å². The summed E-state index contributed by atoms with van der Waals surface area (Å²) in [7, 11) is 0. The molecule has 0 saturated heterocycles. The number of carbonyl (C=O) groups is 1. The summed E-state index contributed by atoms with van der Waals surface area (Å²) < 4.78 is 0. The smallest absolute Gasteiger partial charge is 0.254 e. The second kappa shape index (κ2) is 5.08. The van der Waals surface area contributed by atoms with Gasteiger partial charge in [0.15, 0.2) is 0 Å². The van der Waals surface area contributed by atoms with Gasteiger partial charge in [-0.05, 0) is 25.1 Å². The van der Waals surface area contributed by atoms with Gasteiger partial charge in [-0.1, -0.05) is 5.92 Å². The minimum atomic E-state index is -0.212. The highest BCUT2D eigenvalue weighted by Crippen LogP contribution is 2.21. The van der Waals surface area contributed by atoms with E-state index in [1.54, 1.807) is 6.07 Å². The molecular weight excluding hydrogens is 204 g/mol. The number of anilines is 1. The Hall–Kier alpha value is -2.15. The van der Waals surface area contributed by atoms with Crippen molar-refractivity contribution in [2.75, 3.05) is 18.8 Å². The lowest BCUT2D eigenvalue weighted by Gasteiger charge is -2.18. The van der Waals surface area contributed by atoms with Crippen LogP contribution in [-0.2, 0) is 0 Å². The fourth-order valence-electron chi connectivity index (χ4n) is 1.30. The van der Waals surface area contributed by atoms with Gasteiger partial charge in [0.25, 0.3) is 5.91 Å². The fraction of sp³-hybridized carbons (Fsp3) is 0.250. The maximum absolute atomic E-state index is 11.9. The van der Waals surface area contributed by atoms with Gasteiger partial charge < -0.3 is 15.7 Å². The minimum absolute atomic E-state index is 0.0948. The number of hydrogen-bond acceptors (Lipinski definition) is 3. The maximum atomic E-state index is 11.9. The van der Waals surface area contributed by atoms with Crippen LogP contribution in [0.2, 0.25) is 0 Å². The highest BCUT2D eigenvalue weighted by Gasteiger charge is 2.14. The van der Waals surface area contributed by atoms with Gasteiger partial charge in [-0.15, -0.1) is 6.42 Å². The van der Waals surface area contributed by atoms with Crippen LogP contribution in [0.3, 0.4) is 0 Å². The number of aromatic hydroxyl groups is 1. The number of rotatable bonds is 3. The van der Waals surface area contributed by atoms with Crippen molar-refractivity contribution in [1.29, 1.82) is 0 Å². The van der Waals surface area contributed by atoms with Crippen LogP contribution in [0.1, 0.15) is 17.3 Å². The average Bonchev–Trinajstić information content (AvgIpc) is 2.28. The SMILES string of the molecule is C#CCN(CC)C(=O)c1ccc(N)c(O)c1. The molecule has 0 radical (unpaired) electrons. The number of amides is 1. The van der Waals surface area contributed by atoms with Crippen molar-refractivity contribution in [1.82, 2.24) is 4.90 Å². The summed E-state index contributed by atoms with van der Waals surface area (Å²) in [5, 5.41) is 9.40. The van der Waals surface area contributed by atoms with Gasteiger partial charge in [0.2, 0.25) is 0 Å². The summed E-state index contributed by atoms with van der Waals surface area (Å²) in [6, 6.07) is 4.40.